The molecule has 0 N–H and O–H groups in total. The molecule has 0 bridgehead atoms. The van der Waals surface area contributed by atoms with Crippen molar-refractivity contribution in [3.05, 3.63) is 36.9 Å². The molecular formula is C15H28N4+2. The lowest BCUT2D eigenvalue weighted by molar-refractivity contribution is -0.693. The molecule has 2 rings (SSSR count). The second-order valence-corrected chi connectivity index (χ2v) is 4.54. The van der Waals surface area contributed by atoms with Crippen LogP contribution >= 0.6 is 0 Å². The molecular weight excluding hydrogens is 236 g/mol. The van der Waals surface area contributed by atoms with Gasteiger partial charge < -0.3 is 0 Å². The Bertz CT molecular complexity index is 464. The molecule has 0 spiro atoms. The number of nitrogens with zero attached hydrogens (tertiary/aromatic N) is 4. The number of imidazole rings is 2. The van der Waals surface area contributed by atoms with Gasteiger partial charge in [0.2, 0.25) is 6.33 Å². The second-order valence-electron chi connectivity index (χ2n) is 4.54. The molecule has 0 unspecified atom stereocenters. The lowest BCUT2D eigenvalue weighted by atomic mass is 10.4. The van der Waals surface area contributed by atoms with E-state index in [1.165, 1.54) is 5.82 Å². The van der Waals surface area contributed by atoms with Crippen LogP contribution in [0.3, 0.4) is 0 Å². The van der Waals surface area contributed by atoms with Crippen molar-refractivity contribution in [2.24, 2.45) is 7.05 Å². The number of rotatable bonds is 4. The molecule has 0 amide bonds. The van der Waals surface area contributed by atoms with Gasteiger partial charge in [-0.2, -0.15) is 0 Å². The molecule has 0 saturated heterocycles. The summed E-state index contributed by atoms with van der Waals surface area (Å²) in [6, 6.07) is 0. The third-order valence-corrected chi connectivity index (χ3v) is 3.34. The molecule has 0 fully saturated rings. The van der Waals surface area contributed by atoms with Crippen LogP contribution in [0.25, 0.3) is 0 Å². The first kappa shape index (κ1) is 15.5. The van der Waals surface area contributed by atoms with Crippen molar-refractivity contribution in [2.45, 2.75) is 53.8 Å². The predicted molar refractivity (Wildman–Crippen MR) is 76.6 cm³/mol. The van der Waals surface area contributed by atoms with Crippen LogP contribution in [0.15, 0.2) is 31.1 Å². The topological polar surface area (TPSA) is 17.6 Å². The van der Waals surface area contributed by atoms with Crippen molar-refractivity contribution in [1.82, 2.24) is 9.13 Å². The second kappa shape index (κ2) is 7.77. The fourth-order valence-electron chi connectivity index (χ4n) is 2.11. The molecule has 0 aromatic carbocycles. The summed E-state index contributed by atoms with van der Waals surface area (Å²) in [7, 11) is 2.09. The Balaban J connectivity index is 0.000000191. The van der Waals surface area contributed by atoms with Gasteiger partial charge in [-0.1, -0.05) is 6.92 Å². The fourth-order valence-corrected chi connectivity index (χ4v) is 2.11. The SMILES string of the molecule is CCc1n(CC)cc[n+]1C.CCn1cc[n+](CC)c1. The van der Waals surface area contributed by atoms with Crippen LogP contribution in [0.5, 0.6) is 0 Å². The van der Waals surface area contributed by atoms with E-state index in [0.29, 0.717) is 0 Å². The third kappa shape index (κ3) is 4.23. The average molecular weight is 264 g/mol. The van der Waals surface area contributed by atoms with E-state index in [1.807, 2.05) is 0 Å². The molecule has 0 aliphatic carbocycles. The Hall–Kier alpha value is -1.58. The van der Waals surface area contributed by atoms with Gasteiger partial charge in [-0.25, -0.2) is 18.3 Å². The Morgan fingerprint density at radius 3 is 2.11 bits per heavy atom. The van der Waals surface area contributed by atoms with Crippen LogP contribution in [-0.4, -0.2) is 9.13 Å². The maximum Gasteiger partial charge on any atom is 0.255 e. The molecule has 0 radical (unpaired) electrons. The molecule has 4 nitrogen and oxygen atoms in total. The molecule has 2 aromatic rings. The van der Waals surface area contributed by atoms with E-state index in [-0.39, 0.29) is 0 Å². The van der Waals surface area contributed by atoms with Gasteiger partial charge in [0.1, 0.15) is 24.8 Å². The monoisotopic (exact) mass is 264 g/mol. The number of aromatic nitrogens is 4. The van der Waals surface area contributed by atoms with E-state index in [1.54, 1.807) is 0 Å². The van der Waals surface area contributed by atoms with Crippen LogP contribution < -0.4 is 9.13 Å². The minimum Gasteiger partial charge on any atom is -0.237 e. The van der Waals surface area contributed by atoms with Crippen molar-refractivity contribution in [2.75, 3.05) is 0 Å². The average Bonchev–Trinajstić information content (AvgIpc) is 3.04. The van der Waals surface area contributed by atoms with E-state index < -0.39 is 0 Å². The van der Waals surface area contributed by atoms with Gasteiger partial charge in [0.25, 0.3) is 5.82 Å². The smallest absolute Gasteiger partial charge is 0.237 e. The van der Waals surface area contributed by atoms with Gasteiger partial charge in [-0.05, 0) is 20.8 Å². The first-order valence-corrected chi connectivity index (χ1v) is 7.24. The molecule has 4 heteroatoms. The largest absolute Gasteiger partial charge is 0.255 e. The van der Waals surface area contributed by atoms with Crippen LogP contribution in [-0.2, 0) is 33.1 Å². The summed E-state index contributed by atoms with van der Waals surface area (Å²) in [6.07, 6.45) is 11.6. The summed E-state index contributed by atoms with van der Waals surface area (Å²) in [6.45, 7) is 11.8. The normalized spacial score (nSPS) is 10.2. The van der Waals surface area contributed by atoms with Gasteiger partial charge in [-0.15, -0.1) is 0 Å². The Kier molecular flexibility index (Phi) is 6.33. The summed E-state index contributed by atoms with van der Waals surface area (Å²) in [5, 5.41) is 0. The van der Waals surface area contributed by atoms with Crippen LogP contribution in [0.1, 0.15) is 33.5 Å². The van der Waals surface area contributed by atoms with Crippen molar-refractivity contribution < 1.29 is 9.13 Å². The summed E-state index contributed by atoms with van der Waals surface area (Å²) in [4.78, 5) is 0. The quantitative estimate of drug-likeness (QED) is 0.748. The van der Waals surface area contributed by atoms with E-state index in [9.17, 15) is 0 Å². The first-order chi connectivity index (χ1) is 9.15. The molecule has 19 heavy (non-hydrogen) atoms. The van der Waals surface area contributed by atoms with Gasteiger partial charge in [0.05, 0.1) is 26.7 Å². The fraction of sp³-hybridized carbons (Fsp3) is 0.600. The summed E-state index contributed by atoms with van der Waals surface area (Å²) in [5.41, 5.74) is 0. The zero-order chi connectivity index (χ0) is 14.3. The minimum absolute atomic E-state index is 1.06. The number of aryl methyl sites for hydroxylation is 4. The van der Waals surface area contributed by atoms with Crippen LogP contribution in [0, 0.1) is 0 Å². The predicted octanol–water partition coefficient (Wildman–Crippen LogP) is 1.71. The molecule has 0 aliphatic heterocycles. The third-order valence-electron chi connectivity index (χ3n) is 3.34. The molecule has 106 valence electrons. The zero-order valence-electron chi connectivity index (χ0n) is 13.0. The molecule has 2 aromatic heterocycles. The van der Waals surface area contributed by atoms with Gasteiger partial charge >= 0.3 is 0 Å². The maximum absolute atomic E-state index is 2.26. The number of hydrogen-bond donors (Lipinski definition) is 0. The molecule has 0 atom stereocenters. The van der Waals surface area contributed by atoms with Crippen molar-refractivity contribution in [1.29, 1.82) is 0 Å². The van der Waals surface area contributed by atoms with E-state index >= 15 is 0 Å². The van der Waals surface area contributed by atoms with Crippen LogP contribution in [0.2, 0.25) is 0 Å². The Labute approximate surface area is 116 Å². The zero-order valence-corrected chi connectivity index (χ0v) is 13.0. The summed E-state index contributed by atoms with van der Waals surface area (Å²) < 4.78 is 8.75. The van der Waals surface area contributed by atoms with Gasteiger partial charge in [0, 0.05) is 6.42 Å². The lowest BCUT2D eigenvalue weighted by Gasteiger charge is -1.94. The molecule has 0 aliphatic rings. The van der Waals surface area contributed by atoms with E-state index in [2.05, 4.69) is 84.1 Å². The highest BCUT2D eigenvalue weighted by molar-refractivity contribution is 4.81. The highest BCUT2D eigenvalue weighted by Gasteiger charge is 2.08. The highest BCUT2D eigenvalue weighted by Crippen LogP contribution is 1.94. The van der Waals surface area contributed by atoms with E-state index in [0.717, 1.165) is 26.1 Å². The van der Waals surface area contributed by atoms with Gasteiger partial charge in [-0.3, -0.25) is 0 Å². The number of hydrogen-bond acceptors (Lipinski definition) is 0. The first-order valence-electron chi connectivity index (χ1n) is 7.24. The van der Waals surface area contributed by atoms with Crippen molar-refractivity contribution in [3.63, 3.8) is 0 Å². The minimum atomic E-state index is 1.06. The van der Waals surface area contributed by atoms with E-state index in [4.69, 9.17) is 0 Å². The summed E-state index contributed by atoms with van der Waals surface area (Å²) >= 11 is 0. The highest BCUT2D eigenvalue weighted by atomic mass is 15.1. The van der Waals surface area contributed by atoms with Crippen molar-refractivity contribution >= 4 is 0 Å². The molecule has 2 heterocycles. The Morgan fingerprint density at radius 1 is 1.00 bits per heavy atom. The standard InChI is InChI=1S/C8H15N2.C7H13N2/c1-4-8-9(3)6-7-10(8)5-2;1-3-8-5-6-9(4-2)7-8/h6-7H,4-5H2,1-3H3;5-7H,3-4H2,1-2H3/q2*+1. The van der Waals surface area contributed by atoms with Crippen molar-refractivity contribution in [3.8, 4) is 0 Å². The Morgan fingerprint density at radius 2 is 1.74 bits per heavy atom. The lowest BCUT2D eigenvalue weighted by Crippen LogP contribution is -2.31. The van der Waals surface area contributed by atoms with Crippen LogP contribution in [0.4, 0.5) is 0 Å². The van der Waals surface area contributed by atoms with Gasteiger partial charge in [0.15, 0.2) is 0 Å². The molecule has 0 saturated carbocycles. The summed E-state index contributed by atoms with van der Waals surface area (Å²) in [5.74, 6) is 1.39. The maximum atomic E-state index is 2.26.